The van der Waals surface area contributed by atoms with Crippen molar-refractivity contribution in [1.82, 2.24) is 15.0 Å². The summed E-state index contributed by atoms with van der Waals surface area (Å²) in [5.41, 5.74) is 2.29. The van der Waals surface area contributed by atoms with Crippen LogP contribution in [-0.4, -0.2) is 21.0 Å². The van der Waals surface area contributed by atoms with Crippen molar-refractivity contribution < 1.29 is 0 Å². The number of nitrogens with one attached hydrogen (secondary N) is 1. The molecule has 0 amide bonds. The van der Waals surface area contributed by atoms with Gasteiger partial charge in [-0.15, -0.1) is 0 Å². The molecule has 1 saturated carbocycles. The van der Waals surface area contributed by atoms with E-state index in [1.807, 2.05) is 12.1 Å². The maximum Gasteiger partial charge on any atom is 0.180 e. The average Bonchev–Trinajstić information content (AvgIpc) is 2.34. The molecule has 4 heteroatoms. The van der Waals surface area contributed by atoms with Crippen molar-refractivity contribution in [3.63, 3.8) is 0 Å². The van der Waals surface area contributed by atoms with Gasteiger partial charge in [-0.2, -0.15) is 0 Å². The first-order chi connectivity index (χ1) is 9.83. The zero-order valence-corrected chi connectivity index (χ0v) is 13.3. The van der Waals surface area contributed by atoms with Crippen LogP contribution in [0.1, 0.15) is 47.0 Å². The minimum absolute atomic E-state index is 0.371. The standard InChI is InChI=1S/C17H24N4/c1-16(2)9-12(10-17(3,4)11-16)20-14-6-5-13-15(21-14)19-8-7-18-13/h5-8,12H,9-11H2,1-4H3,(H,19,20,21). The molecule has 4 nitrogen and oxygen atoms in total. The number of aromatic nitrogens is 3. The first-order valence-electron chi connectivity index (χ1n) is 7.67. The number of rotatable bonds is 2. The second-order valence-corrected chi connectivity index (χ2v) is 7.85. The van der Waals surface area contributed by atoms with Gasteiger partial charge in [0.25, 0.3) is 0 Å². The Bertz CT molecular complexity index is 632. The Hall–Kier alpha value is -1.71. The fourth-order valence-electron chi connectivity index (χ4n) is 4.09. The van der Waals surface area contributed by atoms with E-state index in [-0.39, 0.29) is 0 Å². The summed E-state index contributed by atoms with van der Waals surface area (Å²) in [7, 11) is 0. The third kappa shape index (κ3) is 3.31. The predicted molar refractivity (Wildman–Crippen MR) is 86.2 cm³/mol. The molecule has 2 aromatic heterocycles. The van der Waals surface area contributed by atoms with Gasteiger partial charge in [-0.1, -0.05) is 27.7 Å². The molecular formula is C17H24N4. The Morgan fingerprint density at radius 1 is 1.00 bits per heavy atom. The monoisotopic (exact) mass is 284 g/mol. The Balaban J connectivity index is 1.81. The van der Waals surface area contributed by atoms with Crippen molar-refractivity contribution in [2.75, 3.05) is 5.32 Å². The molecule has 0 saturated heterocycles. The normalized spacial score (nSPS) is 21.3. The van der Waals surface area contributed by atoms with Crippen molar-refractivity contribution >= 4 is 17.0 Å². The molecule has 0 radical (unpaired) electrons. The van der Waals surface area contributed by atoms with Crippen LogP contribution in [-0.2, 0) is 0 Å². The van der Waals surface area contributed by atoms with Crippen LogP contribution in [0.4, 0.5) is 5.82 Å². The van der Waals surface area contributed by atoms with Crippen LogP contribution < -0.4 is 5.32 Å². The highest BCUT2D eigenvalue weighted by molar-refractivity contribution is 5.71. The maximum absolute atomic E-state index is 4.58. The van der Waals surface area contributed by atoms with Crippen molar-refractivity contribution in [1.29, 1.82) is 0 Å². The van der Waals surface area contributed by atoms with Crippen molar-refractivity contribution in [2.45, 2.75) is 53.0 Å². The van der Waals surface area contributed by atoms with Crippen molar-refractivity contribution in [3.8, 4) is 0 Å². The third-order valence-electron chi connectivity index (χ3n) is 4.24. The number of nitrogens with zero attached hydrogens (tertiary/aromatic N) is 3. The third-order valence-corrected chi connectivity index (χ3v) is 4.24. The smallest absolute Gasteiger partial charge is 0.180 e. The summed E-state index contributed by atoms with van der Waals surface area (Å²) >= 11 is 0. The van der Waals surface area contributed by atoms with Gasteiger partial charge >= 0.3 is 0 Å². The molecule has 21 heavy (non-hydrogen) atoms. The van der Waals surface area contributed by atoms with Crippen LogP contribution in [0.2, 0.25) is 0 Å². The zero-order valence-electron chi connectivity index (χ0n) is 13.3. The van der Waals surface area contributed by atoms with Gasteiger partial charge in [0.15, 0.2) is 5.65 Å². The molecule has 112 valence electrons. The van der Waals surface area contributed by atoms with Gasteiger partial charge < -0.3 is 5.32 Å². The number of pyridine rings is 1. The average molecular weight is 284 g/mol. The highest BCUT2D eigenvalue weighted by Gasteiger charge is 2.38. The first-order valence-corrected chi connectivity index (χ1v) is 7.67. The van der Waals surface area contributed by atoms with E-state index in [0.717, 1.165) is 11.3 Å². The summed E-state index contributed by atoms with van der Waals surface area (Å²) < 4.78 is 0. The van der Waals surface area contributed by atoms with Gasteiger partial charge in [-0.3, -0.25) is 4.98 Å². The molecule has 0 aromatic carbocycles. The summed E-state index contributed by atoms with van der Waals surface area (Å²) in [5.74, 6) is 0.904. The van der Waals surface area contributed by atoms with Crippen LogP contribution in [0.25, 0.3) is 11.2 Å². The lowest BCUT2D eigenvalue weighted by molar-refractivity contribution is 0.105. The Kier molecular flexibility index (Phi) is 3.34. The van der Waals surface area contributed by atoms with Crippen molar-refractivity contribution in [3.05, 3.63) is 24.5 Å². The van der Waals surface area contributed by atoms with E-state index in [1.165, 1.54) is 19.3 Å². The van der Waals surface area contributed by atoms with Crippen LogP contribution in [0.3, 0.4) is 0 Å². The molecule has 0 spiro atoms. The summed E-state index contributed by atoms with van der Waals surface area (Å²) in [6.45, 7) is 9.45. The largest absolute Gasteiger partial charge is 0.367 e. The van der Waals surface area contributed by atoms with Gasteiger partial charge in [0.2, 0.25) is 0 Å². The van der Waals surface area contributed by atoms with Crippen LogP contribution in [0.15, 0.2) is 24.5 Å². The quantitative estimate of drug-likeness (QED) is 0.904. The summed E-state index contributed by atoms with van der Waals surface area (Å²) in [5, 5.41) is 3.61. The SMILES string of the molecule is CC1(C)CC(Nc2ccc3nccnc3n2)CC(C)(C)C1. The second kappa shape index (κ2) is 4.93. The minimum atomic E-state index is 0.371. The molecule has 1 fully saturated rings. The van der Waals surface area contributed by atoms with E-state index in [9.17, 15) is 0 Å². The molecule has 1 N–H and O–H groups in total. The van der Waals surface area contributed by atoms with Crippen LogP contribution in [0.5, 0.6) is 0 Å². The molecule has 1 aliphatic carbocycles. The fourth-order valence-corrected chi connectivity index (χ4v) is 4.09. The molecule has 0 aliphatic heterocycles. The van der Waals surface area contributed by atoms with Gasteiger partial charge in [0.1, 0.15) is 11.3 Å². The lowest BCUT2D eigenvalue weighted by Gasteiger charge is -2.45. The number of fused-ring (bicyclic) bond motifs is 1. The topological polar surface area (TPSA) is 50.7 Å². The van der Waals surface area contributed by atoms with Gasteiger partial charge in [0, 0.05) is 18.4 Å². The number of hydrogen-bond acceptors (Lipinski definition) is 4. The van der Waals surface area contributed by atoms with Gasteiger partial charge in [-0.05, 0) is 42.2 Å². The Labute approximate surface area is 126 Å². The Morgan fingerprint density at radius 2 is 1.67 bits per heavy atom. The molecule has 1 aliphatic rings. The predicted octanol–water partition coefficient (Wildman–Crippen LogP) is 4.04. The van der Waals surface area contributed by atoms with E-state index in [4.69, 9.17) is 0 Å². The van der Waals surface area contributed by atoms with Crippen molar-refractivity contribution in [2.24, 2.45) is 10.8 Å². The van der Waals surface area contributed by atoms with Gasteiger partial charge in [-0.25, -0.2) is 9.97 Å². The lowest BCUT2D eigenvalue weighted by atomic mass is 9.63. The summed E-state index contributed by atoms with van der Waals surface area (Å²) in [6.07, 6.45) is 7.01. The molecule has 0 unspecified atom stereocenters. The molecule has 0 atom stereocenters. The fraction of sp³-hybridized carbons (Fsp3) is 0.588. The summed E-state index contributed by atoms with van der Waals surface area (Å²) in [4.78, 5) is 13.1. The maximum atomic E-state index is 4.58. The lowest BCUT2D eigenvalue weighted by Crippen LogP contribution is -2.40. The van der Waals surface area contributed by atoms with E-state index in [2.05, 4.69) is 48.0 Å². The minimum Gasteiger partial charge on any atom is -0.367 e. The molecule has 3 rings (SSSR count). The van der Waals surface area contributed by atoms with E-state index < -0.39 is 0 Å². The van der Waals surface area contributed by atoms with Gasteiger partial charge in [0.05, 0.1) is 0 Å². The Morgan fingerprint density at radius 3 is 2.38 bits per heavy atom. The van der Waals surface area contributed by atoms with E-state index >= 15 is 0 Å². The van der Waals surface area contributed by atoms with E-state index in [0.29, 0.717) is 22.5 Å². The van der Waals surface area contributed by atoms with E-state index in [1.54, 1.807) is 12.4 Å². The highest BCUT2D eigenvalue weighted by Crippen LogP contribution is 2.46. The highest BCUT2D eigenvalue weighted by atomic mass is 15.0. The van der Waals surface area contributed by atoms with Crippen LogP contribution in [0, 0.1) is 10.8 Å². The zero-order chi connectivity index (χ0) is 15.1. The molecule has 2 aromatic rings. The van der Waals surface area contributed by atoms with Crippen LogP contribution >= 0.6 is 0 Å². The first kappa shape index (κ1) is 14.2. The molecule has 2 heterocycles. The molecular weight excluding hydrogens is 260 g/mol. The summed E-state index contributed by atoms with van der Waals surface area (Å²) in [6, 6.07) is 4.45. The molecule has 0 bridgehead atoms. The number of anilines is 1. The number of hydrogen-bond donors (Lipinski definition) is 1. The second-order valence-electron chi connectivity index (χ2n) is 7.85.